The first kappa shape index (κ1) is 9.45. The summed E-state index contributed by atoms with van der Waals surface area (Å²) in [7, 11) is 0. The molecule has 1 nitrogen and oxygen atoms in total. The van der Waals surface area contributed by atoms with E-state index in [2.05, 4.69) is 0 Å². The van der Waals surface area contributed by atoms with Crippen LogP contribution in [0.4, 0.5) is 4.39 Å². The van der Waals surface area contributed by atoms with Gasteiger partial charge in [-0.05, 0) is 38.0 Å². The van der Waals surface area contributed by atoms with E-state index in [1.807, 2.05) is 0 Å². The van der Waals surface area contributed by atoms with Gasteiger partial charge in [0.1, 0.15) is 6.17 Å². The fourth-order valence-corrected chi connectivity index (χ4v) is 2.41. The summed E-state index contributed by atoms with van der Waals surface area (Å²) in [6, 6.07) is 0. The largest absolute Gasteiger partial charge is 0.325 e. The van der Waals surface area contributed by atoms with Gasteiger partial charge in [-0.1, -0.05) is 19.3 Å². The number of hydrogen-bond donors (Lipinski definition) is 1. The predicted molar refractivity (Wildman–Crippen MR) is 52.2 cm³/mol. The zero-order valence-corrected chi connectivity index (χ0v) is 8.43. The van der Waals surface area contributed by atoms with Crippen molar-refractivity contribution < 1.29 is 4.39 Å². The SMILES string of the molecule is CC(F)C(CC1(N)CC1)C1CCC1. The molecule has 2 saturated carbocycles. The van der Waals surface area contributed by atoms with Gasteiger partial charge in [0.05, 0.1) is 0 Å². The second-order valence-electron chi connectivity index (χ2n) is 5.10. The van der Waals surface area contributed by atoms with Crippen molar-refractivity contribution in [3.05, 3.63) is 0 Å². The van der Waals surface area contributed by atoms with Crippen LogP contribution in [0.5, 0.6) is 0 Å². The molecule has 2 atom stereocenters. The quantitative estimate of drug-likeness (QED) is 0.716. The molecule has 13 heavy (non-hydrogen) atoms. The van der Waals surface area contributed by atoms with Crippen LogP contribution in [0.2, 0.25) is 0 Å². The van der Waals surface area contributed by atoms with Gasteiger partial charge in [-0.15, -0.1) is 0 Å². The molecular weight excluding hydrogens is 165 g/mol. The maximum absolute atomic E-state index is 13.3. The van der Waals surface area contributed by atoms with Crippen molar-refractivity contribution in [2.75, 3.05) is 0 Å². The number of rotatable bonds is 4. The van der Waals surface area contributed by atoms with E-state index in [1.54, 1.807) is 6.92 Å². The van der Waals surface area contributed by atoms with E-state index in [0.29, 0.717) is 5.92 Å². The van der Waals surface area contributed by atoms with Crippen LogP contribution in [0.15, 0.2) is 0 Å². The van der Waals surface area contributed by atoms with Gasteiger partial charge in [0, 0.05) is 5.54 Å². The molecule has 0 aromatic heterocycles. The molecule has 2 aliphatic rings. The normalized spacial score (nSPS) is 30.7. The molecule has 2 N–H and O–H groups in total. The summed E-state index contributed by atoms with van der Waals surface area (Å²) in [4.78, 5) is 0. The molecule has 0 aromatic carbocycles. The highest BCUT2D eigenvalue weighted by atomic mass is 19.1. The molecule has 0 bridgehead atoms. The Hall–Kier alpha value is -0.110. The van der Waals surface area contributed by atoms with Crippen molar-refractivity contribution in [2.24, 2.45) is 17.6 Å². The van der Waals surface area contributed by atoms with E-state index < -0.39 is 6.17 Å². The lowest BCUT2D eigenvalue weighted by Gasteiger charge is -2.36. The third-order valence-electron chi connectivity index (χ3n) is 3.88. The van der Waals surface area contributed by atoms with E-state index in [9.17, 15) is 4.39 Å². The third kappa shape index (κ3) is 2.04. The number of halogens is 1. The van der Waals surface area contributed by atoms with Crippen molar-refractivity contribution in [3.63, 3.8) is 0 Å². The first-order valence-corrected chi connectivity index (χ1v) is 5.54. The Kier molecular flexibility index (Phi) is 2.35. The summed E-state index contributed by atoms with van der Waals surface area (Å²) >= 11 is 0. The molecule has 0 aromatic rings. The van der Waals surface area contributed by atoms with Crippen molar-refractivity contribution in [3.8, 4) is 0 Å². The Morgan fingerprint density at radius 1 is 1.46 bits per heavy atom. The Balaban J connectivity index is 1.88. The van der Waals surface area contributed by atoms with Gasteiger partial charge < -0.3 is 5.73 Å². The van der Waals surface area contributed by atoms with Crippen LogP contribution in [0.1, 0.15) is 45.4 Å². The average Bonchev–Trinajstić information content (AvgIpc) is 2.63. The van der Waals surface area contributed by atoms with E-state index in [0.717, 1.165) is 19.3 Å². The molecule has 0 saturated heterocycles. The fourth-order valence-electron chi connectivity index (χ4n) is 2.41. The monoisotopic (exact) mass is 185 g/mol. The van der Waals surface area contributed by atoms with E-state index in [-0.39, 0.29) is 11.5 Å². The van der Waals surface area contributed by atoms with Crippen LogP contribution in [0.25, 0.3) is 0 Å². The van der Waals surface area contributed by atoms with Crippen LogP contribution in [-0.2, 0) is 0 Å². The highest BCUT2D eigenvalue weighted by molar-refractivity contribution is 5.01. The molecule has 0 aliphatic heterocycles. The minimum absolute atomic E-state index is 0.0284. The van der Waals surface area contributed by atoms with Gasteiger partial charge in [0.25, 0.3) is 0 Å². The number of nitrogens with two attached hydrogens (primary N) is 1. The predicted octanol–water partition coefficient (Wildman–Crippen LogP) is 2.64. The maximum Gasteiger partial charge on any atom is 0.100 e. The van der Waals surface area contributed by atoms with Crippen LogP contribution < -0.4 is 5.73 Å². The topological polar surface area (TPSA) is 26.0 Å². The highest BCUT2D eigenvalue weighted by Gasteiger charge is 2.44. The Morgan fingerprint density at radius 3 is 2.38 bits per heavy atom. The minimum atomic E-state index is -0.661. The standard InChI is InChI=1S/C11H20FN/c1-8(12)10(9-3-2-4-9)7-11(13)5-6-11/h8-10H,2-7,13H2,1H3. The molecule has 2 fully saturated rings. The van der Waals surface area contributed by atoms with Gasteiger partial charge in [0.15, 0.2) is 0 Å². The second-order valence-corrected chi connectivity index (χ2v) is 5.10. The lowest BCUT2D eigenvalue weighted by molar-refractivity contribution is 0.103. The average molecular weight is 185 g/mol. The maximum atomic E-state index is 13.3. The summed E-state index contributed by atoms with van der Waals surface area (Å²) in [6.07, 6.45) is 6.25. The number of alkyl halides is 1. The molecule has 0 radical (unpaired) electrons. The zero-order valence-electron chi connectivity index (χ0n) is 8.43. The van der Waals surface area contributed by atoms with Crippen LogP contribution >= 0.6 is 0 Å². The van der Waals surface area contributed by atoms with Crippen LogP contribution in [0.3, 0.4) is 0 Å². The summed E-state index contributed by atoms with van der Waals surface area (Å²) < 4.78 is 13.3. The number of hydrogen-bond acceptors (Lipinski definition) is 1. The Bertz CT molecular complexity index is 183. The lowest BCUT2D eigenvalue weighted by Crippen LogP contribution is -2.35. The van der Waals surface area contributed by atoms with Gasteiger partial charge in [0.2, 0.25) is 0 Å². The van der Waals surface area contributed by atoms with Gasteiger partial charge in [-0.3, -0.25) is 0 Å². The van der Waals surface area contributed by atoms with Crippen molar-refractivity contribution in [1.29, 1.82) is 0 Å². The van der Waals surface area contributed by atoms with Crippen LogP contribution in [0, 0.1) is 11.8 Å². The fraction of sp³-hybridized carbons (Fsp3) is 1.00. The molecule has 2 rings (SSSR count). The third-order valence-corrected chi connectivity index (χ3v) is 3.88. The van der Waals surface area contributed by atoms with Crippen molar-refractivity contribution >= 4 is 0 Å². The molecule has 2 aliphatic carbocycles. The molecule has 0 spiro atoms. The Morgan fingerprint density at radius 2 is 2.08 bits per heavy atom. The van der Waals surface area contributed by atoms with Gasteiger partial charge in [-0.2, -0.15) is 0 Å². The van der Waals surface area contributed by atoms with E-state index >= 15 is 0 Å². The molecule has 0 heterocycles. The summed E-state index contributed by atoms with van der Waals surface area (Å²) in [5.74, 6) is 0.891. The molecule has 2 heteroatoms. The van der Waals surface area contributed by atoms with Crippen LogP contribution in [-0.4, -0.2) is 11.7 Å². The molecule has 76 valence electrons. The van der Waals surface area contributed by atoms with E-state index in [1.165, 1.54) is 19.3 Å². The summed E-state index contributed by atoms with van der Waals surface area (Å²) in [5.41, 5.74) is 6.06. The molecular formula is C11H20FN. The molecule has 2 unspecified atom stereocenters. The molecule has 0 amide bonds. The van der Waals surface area contributed by atoms with Crippen molar-refractivity contribution in [2.45, 2.75) is 57.2 Å². The van der Waals surface area contributed by atoms with Crippen molar-refractivity contribution in [1.82, 2.24) is 0 Å². The first-order valence-electron chi connectivity index (χ1n) is 5.54. The smallest absolute Gasteiger partial charge is 0.100 e. The highest BCUT2D eigenvalue weighted by Crippen LogP contribution is 2.45. The summed E-state index contributed by atoms with van der Waals surface area (Å²) in [6.45, 7) is 1.70. The Labute approximate surface area is 79.9 Å². The van der Waals surface area contributed by atoms with E-state index in [4.69, 9.17) is 5.73 Å². The van der Waals surface area contributed by atoms with Gasteiger partial charge in [-0.25, -0.2) is 4.39 Å². The second kappa shape index (κ2) is 3.23. The summed E-state index contributed by atoms with van der Waals surface area (Å²) in [5, 5.41) is 0. The van der Waals surface area contributed by atoms with Gasteiger partial charge >= 0.3 is 0 Å². The zero-order chi connectivity index (χ0) is 9.47. The minimum Gasteiger partial charge on any atom is -0.325 e. The lowest BCUT2D eigenvalue weighted by atomic mass is 9.71. The first-order chi connectivity index (χ1) is 6.11.